The lowest BCUT2D eigenvalue weighted by molar-refractivity contribution is -0.183. The number of carbonyl (C=O) groups is 4. The molecule has 0 aliphatic heterocycles. The lowest BCUT2D eigenvalue weighted by atomic mass is 9.35. The average molecular weight is 737 g/mol. The lowest BCUT2D eigenvalue weighted by Gasteiger charge is -2.69. The highest BCUT2D eigenvalue weighted by Gasteiger charge is 2.67. The van der Waals surface area contributed by atoms with E-state index in [1.165, 1.54) is 35.4 Å². The zero-order chi connectivity index (χ0) is 39.1. The molecule has 5 aliphatic rings. The summed E-state index contributed by atoms with van der Waals surface area (Å²) in [6, 6.07) is 12.1. The predicted octanol–water partition coefficient (Wildman–Crippen LogP) is 10.2. The van der Waals surface area contributed by atoms with Crippen LogP contribution in [-0.2, 0) is 9.47 Å². The van der Waals surface area contributed by atoms with Crippen molar-refractivity contribution in [2.75, 3.05) is 6.61 Å². The summed E-state index contributed by atoms with van der Waals surface area (Å²) < 4.78 is 12.2. The Morgan fingerprint density at radius 2 is 1.31 bits per heavy atom. The Kier molecular flexibility index (Phi) is 9.13. The Labute approximate surface area is 319 Å². The van der Waals surface area contributed by atoms with E-state index >= 15 is 0 Å². The number of carboxylic acids is 2. The quantitative estimate of drug-likeness (QED) is 0.269. The van der Waals surface area contributed by atoms with Crippen molar-refractivity contribution >= 4 is 23.9 Å². The molecule has 0 aromatic heterocycles. The van der Waals surface area contributed by atoms with Crippen LogP contribution in [0.2, 0.25) is 0 Å². The molecule has 0 amide bonds. The minimum atomic E-state index is -1.07. The van der Waals surface area contributed by atoms with Crippen LogP contribution in [-0.4, -0.2) is 46.8 Å². The molecular weight excluding hydrogens is 680 g/mol. The van der Waals surface area contributed by atoms with Gasteiger partial charge in [-0.05, 0) is 133 Å². The van der Waals surface area contributed by atoms with Gasteiger partial charge in [0.05, 0.1) is 28.9 Å². The van der Waals surface area contributed by atoms with Gasteiger partial charge in [0.25, 0.3) is 0 Å². The van der Waals surface area contributed by atoms with Crippen LogP contribution in [0.3, 0.4) is 0 Å². The van der Waals surface area contributed by atoms with E-state index in [9.17, 15) is 29.4 Å². The summed E-state index contributed by atoms with van der Waals surface area (Å²) in [4.78, 5) is 49.5. The SMILES string of the molecule is CC1(C)[C@@H](OC(=O)c2cccc(C(=O)O)c2)CC[C@]2(C)[C@H]3C=CC4=C5C[C@@](C)(COC(=O)c6cccc(C(=O)O)c6)CC[C@]5(C)CC[C@@]4(C)[C@]3(C)CC[C@@H]12. The maximum Gasteiger partial charge on any atom is 0.338 e. The topological polar surface area (TPSA) is 127 Å². The highest BCUT2D eigenvalue weighted by molar-refractivity contribution is 5.95. The van der Waals surface area contributed by atoms with E-state index in [1.54, 1.807) is 24.3 Å². The summed E-state index contributed by atoms with van der Waals surface area (Å²) >= 11 is 0. The van der Waals surface area contributed by atoms with Gasteiger partial charge in [-0.15, -0.1) is 0 Å². The number of carbonyl (C=O) groups excluding carboxylic acids is 2. The van der Waals surface area contributed by atoms with Gasteiger partial charge in [-0.3, -0.25) is 0 Å². The number of carboxylic acid groups (broad SMARTS) is 2. The van der Waals surface area contributed by atoms with Gasteiger partial charge in [0.15, 0.2) is 0 Å². The molecule has 288 valence electrons. The molecule has 0 unspecified atom stereocenters. The van der Waals surface area contributed by atoms with Crippen LogP contribution in [0.5, 0.6) is 0 Å². The Hall–Kier alpha value is -4.20. The first-order valence-electron chi connectivity index (χ1n) is 19.7. The number of allylic oxidation sites excluding steroid dienone is 4. The van der Waals surface area contributed by atoms with Crippen LogP contribution in [0.4, 0.5) is 0 Å². The average Bonchev–Trinajstić information content (AvgIpc) is 3.13. The monoisotopic (exact) mass is 736 g/mol. The van der Waals surface area contributed by atoms with E-state index in [0.29, 0.717) is 11.8 Å². The van der Waals surface area contributed by atoms with Gasteiger partial charge in [-0.25, -0.2) is 19.2 Å². The van der Waals surface area contributed by atoms with Crippen molar-refractivity contribution in [3.05, 3.63) is 94.1 Å². The largest absolute Gasteiger partial charge is 0.478 e. The summed E-state index contributed by atoms with van der Waals surface area (Å²) in [5.74, 6) is -2.41. The van der Waals surface area contributed by atoms with E-state index in [0.717, 1.165) is 57.8 Å². The molecule has 0 spiro atoms. The summed E-state index contributed by atoms with van der Waals surface area (Å²) in [5.41, 5.74) is 3.26. The van der Waals surface area contributed by atoms with Crippen LogP contribution >= 0.6 is 0 Å². The second-order valence-corrected chi connectivity index (χ2v) is 19.2. The highest BCUT2D eigenvalue weighted by atomic mass is 16.5. The number of ether oxygens (including phenoxy) is 2. The van der Waals surface area contributed by atoms with E-state index < -0.39 is 23.9 Å². The van der Waals surface area contributed by atoms with Crippen molar-refractivity contribution in [3.8, 4) is 0 Å². The minimum Gasteiger partial charge on any atom is -0.478 e. The van der Waals surface area contributed by atoms with Crippen LogP contribution in [0.15, 0.2) is 71.8 Å². The third-order valence-corrected chi connectivity index (χ3v) is 15.7. The van der Waals surface area contributed by atoms with Crippen molar-refractivity contribution < 1.29 is 38.9 Å². The normalized spacial score (nSPS) is 36.5. The van der Waals surface area contributed by atoms with E-state index in [4.69, 9.17) is 9.47 Å². The van der Waals surface area contributed by atoms with Crippen LogP contribution in [0.1, 0.15) is 148 Å². The van der Waals surface area contributed by atoms with E-state index in [2.05, 4.69) is 60.6 Å². The fourth-order valence-electron chi connectivity index (χ4n) is 12.1. The number of fused-ring (bicyclic) bond motifs is 6. The number of benzene rings is 2. The van der Waals surface area contributed by atoms with Crippen LogP contribution in [0.25, 0.3) is 0 Å². The minimum absolute atomic E-state index is 0.00626. The smallest absolute Gasteiger partial charge is 0.338 e. The number of esters is 2. The molecule has 0 radical (unpaired) electrons. The number of aromatic carboxylic acids is 2. The Morgan fingerprint density at radius 1 is 0.722 bits per heavy atom. The molecular formula is C46H56O8. The fourth-order valence-corrected chi connectivity index (χ4v) is 12.1. The van der Waals surface area contributed by atoms with Crippen molar-refractivity contribution in [1.29, 1.82) is 0 Å². The van der Waals surface area contributed by atoms with E-state index in [1.807, 2.05) is 0 Å². The first-order valence-corrected chi connectivity index (χ1v) is 19.7. The number of rotatable bonds is 7. The van der Waals surface area contributed by atoms with Gasteiger partial charge in [-0.2, -0.15) is 0 Å². The molecule has 8 heteroatoms. The number of hydrogen-bond donors (Lipinski definition) is 2. The van der Waals surface area contributed by atoms with Crippen LogP contribution in [0, 0.1) is 44.3 Å². The van der Waals surface area contributed by atoms with Crippen molar-refractivity contribution in [2.24, 2.45) is 44.3 Å². The van der Waals surface area contributed by atoms with Gasteiger partial charge in [0.1, 0.15) is 6.10 Å². The summed E-state index contributed by atoms with van der Waals surface area (Å²) in [6.07, 6.45) is 13.6. The first kappa shape index (κ1) is 38.1. The molecule has 3 saturated carbocycles. The number of hydrogen-bond acceptors (Lipinski definition) is 6. The van der Waals surface area contributed by atoms with Gasteiger partial charge in [0.2, 0.25) is 0 Å². The lowest BCUT2D eigenvalue weighted by Crippen LogP contribution is -2.63. The Balaban J connectivity index is 1.14. The second-order valence-electron chi connectivity index (χ2n) is 19.2. The fraction of sp³-hybridized carbons (Fsp3) is 0.565. The zero-order valence-electron chi connectivity index (χ0n) is 32.9. The molecule has 7 rings (SSSR count). The third kappa shape index (κ3) is 5.94. The molecule has 5 aliphatic carbocycles. The molecule has 3 fully saturated rings. The first-order chi connectivity index (χ1) is 25.3. The van der Waals surface area contributed by atoms with Gasteiger partial charge < -0.3 is 19.7 Å². The molecule has 2 N–H and O–H groups in total. The van der Waals surface area contributed by atoms with Gasteiger partial charge >= 0.3 is 23.9 Å². The van der Waals surface area contributed by atoms with Gasteiger partial charge in [-0.1, -0.05) is 78.3 Å². The maximum absolute atomic E-state index is 13.4. The maximum atomic E-state index is 13.4. The molecule has 8 nitrogen and oxygen atoms in total. The molecule has 0 heterocycles. The summed E-state index contributed by atoms with van der Waals surface area (Å²) in [6.45, 7) is 17.0. The summed E-state index contributed by atoms with van der Waals surface area (Å²) in [5, 5.41) is 18.9. The molecule has 2 aromatic carbocycles. The molecule has 2 aromatic rings. The molecule has 8 atom stereocenters. The predicted molar refractivity (Wildman–Crippen MR) is 205 cm³/mol. The van der Waals surface area contributed by atoms with Crippen molar-refractivity contribution in [2.45, 2.75) is 112 Å². The van der Waals surface area contributed by atoms with Gasteiger partial charge in [0, 0.05) is 10.8 Å². The second kappa shape index (κ2) is 12.9. The molecule has 54 heavy (non-hydrogen) atoms. The highest BCUT2D eigenvalue weighted by Crippen LogP contribution is 2.74. The molecule has 0 saturated heterocycles. The summed E-state index contributed by atoms with van der Waals surface area (Å²) in [7, 11) is 0. The third-order valence-electron chi connectivity index (χ3n) is 15.7. The Bertz CT molecular complexity index is 1970. The Morgan fingerprint density at radius 3 is 1.94 bits per heavy atom. The van der Waals surface area contributed by atoms with Crippen molar-refractivity contribution in [1.82, 2.24) is 0 Å². The standard InChI is InChI=1S/C46H56O8/c1-41(2)34-16-19-46(7)35(44(34,5)18-17-36(41)54-40(52)31-13-9-11-29(25-31)38(49)50)15-14-32-33-26-42(3,20-21-43(33,4)22-23-45(32,46)6)27-53-39(51)30-12-8-10-28(24-30)37(47)48/h8-15,24-25,34-36H,16-23,26-27H2,1-7H3,(H,47,48)(H,49,50)/t34-,35+,36-,42-,43+,44-,45+,46+/m0/s1. The van der Waals surface area contributed by atoms with Crippen molar-refractivity contribution in [3.63, 3.8) is 0 Å². The van der Waals surface area contributed by atoms with E-state index in [-0.39, 0.29) is 67.5 Å². The zero-order valence-corrected chi connectivity index (χ0v) is 32.9. The van der Waals surface area contributed by atoms with Crippen LogP contribution < -0.4 is 0 Å². The molecule has 0 bridgehead atoms.